The van der Waals surface area contributed by atoms with Crippen LogP contribution >= 0.6 is 0 Å². The smallest absolute Gasteiger partial charge is 0.228 e. The highest BCUT2D eigenvalue weighted by Crippen LogP contribution is 2.20. The summed E-state index contributed by atoms with van der Waals surface area (Å²) in [6.45, 7) is 2.19. The summed E-state index contributed by atoms with van der Waals surface area (Å²) >= 11 is 0. The minimum atomic E-state index is -0.127. The number of ether oxygens (including phenoxy) is 1. The molecule has 0 aliphatic carbocycles. The van der Waals surface area contributed by atoms with Crippen molar-refractivity contribution in [2.24, 2.45) is 5.73 Å². The van der Waals surface area contributed by atoms with Crippen molar-refractivity contribution in [1.29, 1.82) is 0 Å². The van der Waals surface area contributed by atoms with E-state index in [1.54, 1.807) is 19.2 Å². The van der Waals surface area contributed by atoms with Crippen LogP contribution in [0.15, 0.2) is 42.5 Å². The largest absolute Gasteiger partial charge is 0.497 e. The second-order valence-electron chi connectivity index (χ2n) is 5.69. The van der Waals surface area contributed by atoms with Crippen molar-refractivity contribution in [3.63, 3.8) is 0 Å². The summed E-state index contributed by atoms with van der Waals surface area (Å²) in [6, 6.07) is 12.7. The van der Waals surface area contributed by atoms with Crippen molar-refractivity contribution in [1.82, 2.24) is 0 Å². The maximum Gasteiger partial charge on any atom is 0.228 e. The average Bonchev–Trinajstić information content (AvgIpc) is 2.58. The van der Waals surface area contributed by atoms with Gasteiger partial charge in [-0.1, -0.05) is 12.1 Å². The van der Waals surface area contributed by atoms with E-state index in [9.17, 15) is 9.59 Å². The monoisotopic (exact) mass is 341 g/mol. The van der Waals surface area contributed by atoms with Gasteiger partial charge in [0.1, 0.15) is 5.75 Å². The van der Waals surface area contributed by atoms with E-state index in [0.717, 1.165) is 22.6 Å². The Kier molecular flexibility index (Phi) is 6.54. The fourth-order valence-corrected chi connectivity index (χ4v) is 2.36. The first kappa shape index (κ1) is 18.5. The van der Waals surface area contributed by atoms with Gasteiger partial charge in [-0.25, -0.2) is 0 Å². The zero-order valence-electron chi connectivity index (χ0n) is 14.5. The molecule has 6 heteroatoms. The maximum absolute atomic E-state index is 12.2. The molecule has 25 heavy (non-hydrogen) atoms. The topological polar surface area (TPSA) is 93.5 Å². The van der Waals surface area contributed by atoms with Gasteiger partial charge in [-0.3, -0.25) is 9.59 Å². The van der Waals surface area contributed by atoms with Crippen molar-refractivity contribution in [2.75, 3.05) is 24.3 Å². The van der Waals surface area contributed by atoms with Gasteiger partial charge >= 0.3 is 0 Å². The zero-order chi connectivity index (χ0) is 18.2. The number of carbonyl (C=O) groups is 2. The molecule has 2 amide bonds. The van der Waals surface area contributed by atoms with E-state index in [4.69, 9.17) is 10.5 Å². The molecule has 0 fully saturated rings. The first-order valence-corrected chi connectivity index (χ1v) is 8.05. The summed E-state index contributed by atoms with van der Waals surface area (Å²) in [6.07, 6.45) is 0.553. The zero-order valence-corrected chi connectivity index (χ0v) is 14.5. The molecule has 0 aliphatic rings. The van der Waals surface area contributed by atoms with E-state index in [0.29, 0.717) is 12.2 Å². The van der Waals surface area contributed by atoms with Gasteiger partial charge in [-0.05, 0) is 48.4 Å². The van der Waals surface area contributed by atoms with Crippen molar-refractivity contribution in [2.45, 2.75) is 19.8 Å². The summed E-state index contributed by atoms with van der Waals surface area (Å²) in [7, 11) is 1.60. The first-order valence-electron chi connectivity index (χ1n) is 8.05. The summed E-state index contributed by atoms with van der Waals surface area (Å²) in [5.74, 6) is 0.527. The van der Waals surface area contributed by atoms with Crippen molar-refractivity contribution in [3.8, 4) is 5.75 Å². The number of nitrogens with two attached hydrogens (primary N) is 1. The van der Waals surface area contributed by atoms with E-state index >= 15 is 0 Å². The molecule has 4 N–H and O–H groups in total. The predicted molar refractivity (Wildman–Crippen MR) is 98.8 cm³/mol. The molecule has 0 radical (unpaired) electrons. The minimum absolute atomic E-state index is 0.104. The van der Waals surface area contributed by atoms with Gasteiger partial charge in [0.2, 0.25) is 11.8 Å². The number of aryl methyl sites for hydroxylation is 1. The fraction of sp³-hybridized carbons (Fsp3) is 0.263. The molecule has 0 heterocycles. The molecular formula is C19H23N3O3. The number of methoxy groups -OCH3 is 1. The molecule has 2 aromatic carbocycles. The number of rotatable bonds is 7. The highest BCUT2D eigenvalue weighted by Gasteiger charge is 2.08. The Morgan fingerprint density at radius 1 is 1.04 bits per heavy atom. The van der Waals surface area contributed by atoms with Crippen LogP contribution in [0.5, 0.6) is 5.75 Å². The Bertz CT molecular complexity index is 742. The van der Waals surface area contributed by atoms with E-state index in [2.05, 4.69) is 10.6 Å². The molecule has 132 valence electrons. The lowest BCUT2D eigenvalue weighted by Gasteiger charge is -2.11. The van der Waals surface area contributed by atoms with Crippen LogP contribution in [-0.2, 0) is 16.0 Å². The Morgan fingerprint density at radius 2 is 1.76 bits per heavy atom. The molecule has 0 spiro atoms. The molecule has 0 unspecified atom stereocenters. The van der Waals surface area contributed by atoms with Crippen LogP contribution in [0.3, 0.4) is 0 Å². The number of carbonyl (C=O) groups excluding carboxylic acids is 2. The number of anilines is 2. The van der Waals surface area contributed by atoms with Gasteiger partial charge in [0.05, 0.1) is 13.5 Å². The van der Waals surface area contributed by atoms with Gasteiger partial charge in [0, 0.05) is 24.3 Å². The van der Waals surface area contributed by atoms with Crippen LogP contribution in [0.25, 0.3) is 0 Å². The Balaban J connectivity index is 1.96. The third kappa shape index (κ3) is 5.61. The molecule has 0 saturated carbocycles. The molecule has 0 aliphatic heterocycles. The van der Waals surface area contributed by atoms with Gasteiger partial charge < -0.3 is 21.1 Å². The minimum Gasteiger partial charge on any atom is -0.497 e. The van der Waals surface area contributed by atoms with E-state index < -0.39 is 0 Å². The second-order valence-corrected chi connectivity index (χ2v) is 5.69. The molecule has 6 nitrogen and oxygen atoms in total. The van der Waals surface area contributed by atoms with Gasteiger partial charge in [-0.15, -0.1) is 0 Å². The standard InChI is InChI=1S/C19H23N3O3/c1-13-11-15(21-18(23)9-10-20)5-8-17(13)22-19(24)12-14-3-6-16(25-2)7-4-14/h3-8,11H,9-10,12,20H2,1-2H3,(H,21,23)(H,22,24). The lowest BCUT2D eigenvalue weighted by Crippen LogP contribution is -2.17. The second kappa shape index (κ2) is 8.84. The molecule has 2 aromatic rings. The van der Waals surface area contributed by atoms with E-state index in [1.807, 2.05) is 37.3 Å². The Labute approximate surface area is 147 Å². The van der Waals surface area contributed by atoms with Crippen LogP contribution in [0.1, 0.15) is 17.5 Å². The summed E-state index contributed by atoms with van der Waals surface area (Å²) in [5.41, 5.74) is 8.53. The van der Waals surface area contributed by atoms with Gasteiger partial charge in [-0.2, -0.15) is 0 Å². The number of benzene rings is 2. The van der Waals surface area contributed by atoms with Crippen molar-refractivity contribution < 1.29 is 14.3 Å². The van der Waals surface area contributed by atoms with Crippen LogP contribution in [0.2, 0.25) is 0 Å². The molecule has 2 rings (SSSR count). The summed E-state index contributed by atoms with van der Waals surface area (Å²) < 4.78 is 5.10. The summed E-state index contributed by atoms with van der Waals surface area (Å²) in [4.78, 5) is 23.8. The third-order valence-electron chi connectivity index (χ3n) is 3.68. The number of nitrogens with one attached hydrogen (secondary N) is 2. The van der Waals surface area contributed by atoms with Crippen LogP contribution in [-0.4, -0.2) is 25.5 Å². The molecule has 0 saturated heterocycles. The highest BCUT2D eigenvalue weighted by atomic mass is 16.5. The van der Waals surface area contributed by atoms with Gasteiger partial charge in [0.25, 0.3) is 0 Å². The normalized spacial score (nSPS) is 10.2. The fourth-order valence-electron chi connectivity index (χ4n) is 2.36. The van der Waals surface area contributed by atoms with Crippen LogP contribution in [0, 0.1) is 6.92 Å². The SMILES string of the molecule is COc1ccc(CC(=O)Nc2ccc(NC(=O)CCN)cc2C)cc1. The van der Waals surface area contributed by atoms with E-state index in [-0.39, 0.29) is 24.7 Å². The molecule has 0 atom stereocenters. The quantitative estimate of drug-likeness (QED) is 0.721. The first-order chi connectivity index (χ1) is 12.0. The van der Waals surface area contributed by atoms with Gasteiger partial charge in [0.15, 0.2) is 0 Å². The van der Waals surface area contributed by atoms with Crippen molar-refractivity contribution >= 4 is 23.2 Å². The number of amides is 2. The number of hydrogen-bond donors (Lipinski definition) is 3. The highest BCUT2D eigenvalue weighted by molar-refractivity contribution is 5.94. The lowest BCUT2D eigenvalue weighted by atomic mass is 10.1. The predicted octanol–water partition coefficient (Wildman–Crippen LogP) is 2.47. The average molecular weight is 341 g/mol. The molecule has 0 bridgehead atoms. The van der Waals surface area contributed by atoms with E-state index in [1.165, 1.54) is 0 Å². The Morgan fingerprint density at radius 3 is 2.36 bits per heavy atom. The maximum atomic E-state index is 12.2. The summed E-state index contributed by atoms with van der Waals surface area (Å²) in [5, 5.41) is 5.66. The Hall–Kier alpha value is -2.86. The molecular weight excluding hydrogens is 318 g/mol. The number of hydrogen-bond acceptors (Lipinski definition) is 4. The lowest BCUT2D eigenvalue weighted by molar-refractivity contribution is -0.116. The van der Waals surface area contributed by atoms with Crippen molar-refractivity contribution in [3.05, 3.63) is 53.6 Å². The third-order valence-corrected chi connectivity index (χ3v) is 3.68. The van der Waals surface area contributed by atoms with Crippen LogP contribution < -0.4 is 21.1 Å². The van der Waals surface area contributed by atoms with Crippen LogP contribution in [0.4, 0.5) is 11.4 Å². The molecule has 0 aromatic heterocycles.